The molecule has 0 bridgehead atoms. The Kier molecular flexibility index (Phi) is 7.49. The average molecular weight is 518 g/mol. The molecule has 2 heterocycles. The smallest absolute Gasteiger partial charge is 0.430 e. The van der Waals surface area contributed by atoms with Crippen molar-refractivity contribution in [2.45, 2.75) is 58.0 Å². The number of carbonyl (C=O) groups excluding carboxylic acids is 2. The van der Waals surface area contributed by atoms with Gasteiger partial charge in [0.1, 0.15) is 16.2 Å². The Morgan fingerprint density at radius 2 is 1.68 bits per heavy atom. The van der Waals surface area contributed by atoms with Crippen LogP contribution >= 0.6 is 7.26 Å². The number of benzene rings is 2. The third-order valence-corrected chi connectivity index (χ3v) is 11.4. The molecule has 0 radical (unpaired) electrons. The Morgan fingerprint density at radius 3 is 2.38 bits per heavy atom. The van der Waals surface area contributed by atoms with Crippen molar-refractivity contribution < 1.29 is 14.3 Å². The highest BCUT2D eigenvalue weighted by atomic mass is 31.2. The molecule has 5 nitrogen and oxygen atoms in total. The molecule has 2 fully saturated rings. The second-order valence-corrected chi connectivity index (χ2v) is 14.5. The summed E-state index contributed by atoms with van der Waals surface area (Å²) in [6.07, 6.45) is 9.57. The van der Waals surface area contributed by atoms with Crippen molar-refractivity contribution in [3.8, 4) is 0 Å². The van der Waals surface area contributed by atoms with E-state index in [-0.39, 0.29) is 11.5 Å². The molecule has 0 spiro atoms. The largest absolute Gasteiger partial charge is 0.467 e. The predicted molar refractivity (Wildman–Crippen MR) is 152 cm³/mol. The predicted octanol–water partition coefficient (Wildman–Crippen LogP) is 5.80. The van der Waals surface area contributed by atoms with Crippen LogP contribution in [0.25, 0.3) is 0 Å². The molecule has 2 aliphatic heterocycles. The second kappa shape index (κ2) is 10.6. The number of hydrogen-bond donors (Lipinski definition) is 0. The summed E-state index contributed by atoms with van der Waals surface area (Å²) in [7, 11) is -3.05. The zero-order valence-corrected chi connectivity index (χ0v) is 23.1. The number of carbonyl (C=O) groups is 2. The molecule has 194 valence electrons. The number of allylic oxidation sites excluding steroid dienone is 4. The van der Waals surface area contributed by atoms with Crippen LogP contribution in [0.5, 0.6) is 0 Å². The molecule has 0 aromatic heterocycles. The number of ether oxygens (including phenoxy) is 1. The van der Waals surface area contributed by atoms with Gasteiger partial charge in [0.15, 0.2) is 5.31 Å². The Morgan fingerprint density at radius 1 is 0.946 bits per heavy atom. The molecule has 6 heteroatoms. The Labute approximate surface area is 221 Å². The van der Waals surface area contributed by atoms with Gasteiger partial charge >= 0.3 is 5.71 Å². The van der Waals surface area contributed by atoms with Gasteiger partial charge in [0, 0.05) is 32.6 Å². The van der Waals surface area contributed by atoms with Crippen LogP contribution in [0.3, 0.4) is 0 Å². The van der Waals surface area contributed by atoms with Gasteiger partial charge in [-0.2, -0.15) is 0 Å². The zero-order chi connectivity index (χ0) is 26.0. The number of hydrogen-bond acceptors (Lipinski definition) is 5. The van der Waals surface area contributed by atoms with Crippen molar-refractivity contribution in [3.63, 3.8) is 0 Å². The van der Waals surface area contributed by atoms with Gasteiger partial charge in [-0.1, -0.05) is 42.5 Å². The van der Waals surface area contributed by atoms with Gasteiger partial charge in [-0.15, -0.1) is 0 Å². The van der Waals surface area contributed by atoms with E-state index < -0.39 is 12.9 Å². The van der Waals surface area contributed by atoms with E-state index >= 15 is 0 Å². The zero-order valence-electron chi connectivity index (χ0n) is 22.2. The van der Waals surface area contributed by atoms with Crippen LogP contribution in [-0.2, 0) is 9.53 Å². The average Bonchev–Trinajstić information content (AvgIpc) is 3.58. The van der Waals surface area contributed by atoms with Gasteiger partial charge in [0.2, 0.25) is 13.0 Å². The number of nitrogens with zero attached hydrogens (tertiary/aromatic N) is 2. The number of rotatable bonds is 6. The first kappa shape index (κ1) is 26.0. The number of Topliss-reactive ketones (excluding diaryl/α,β-unsaturated/α-hetero) is 1. The minimum Gasteiger partial charge on any atom is -0.430 e. The second-order valence-electron chi connectivity index (χ2n) is 11.2. The van der Waals surface area contributed by atoms with Gasteiger partial charge in [0.25, 0.3) is 0 Å². The Hall–Kier alpha value is -2.59. The quantitative estimate of drug-likeness (QED) is 0.453. The van der Waals surface area contributed by atoms with Gasteiger partial charge in [0.05, 0.1) is 0 Å². The van der Waals surface area contributed by atoms with Crippen LogP contribution in [0.2, 0.25) is 0 Å². The van der Waals surface area contributed by atoms with Crippen molar-refractivity contribution >= 4 is 29.4 Å². The summed E-state index contributed by atoms with van der Waals surface area (Å²) in [5, 5.41) is 7.36. The lowest BCUT2D eigenvalue weighted by molar-refractivity contribution is -0.114. The SMILES string of the molecule is CC(C)(C)OC(=O)[P+](C1=CC=CCC1=O)(c1ccccc1)c1cccc([C@H]2CCN(N3CCCC3)C2)c1. The molecule has 2 saturated heterocycles. The lowest BCUT2D eigenvalue weighted by Crippen LogP contribution is -2.38. The van der Waals surface area contributed by atoms with Gasteiger partial charge in [-0.25, -0.2) is 14.8 Å². The normalized spacial score (nSPS) is 22.6. The van der Waals surface area contributed by atoms with E-state index in [1.165, 1.54) is 18.4 Å². The van der Waals surface area contributed by atoms with Crippen LogP contribution in [0.15, 0.2) is 78.1 Å². The number of hydrazine groups is 1. The van der Waals surface area contributed by atoms with Crippen molar-refractivity contribution in [1.82, 2.24) is 10.0 Å². The summed E-state index contributed by atoms with van der Waals surface area (Å²) in [5.41, 5.74) is 0.260. The molecule has 3 aliphatic rings. The fourth-order valence-electron chi connectivity index (χ4n) is 5.79. The first-order valence-corrected chi connectivity index (χ1v) is 15.3. The van der Waals surface area contributed by atoms with E-state index in [4.69, 9.17) is 4.74 Å². The maximum absolute atomic E-state index is 14.4. The van der Waals surface area contributed by atoms with E-state index in [2.05, 4.69) is 28.2 Å². The van der Waals surface area contributed by atoms with E-state index in [9.17, 15) is 9.59 Å². The van der Waals surface area contributed by atoms with Gasteiger partial charge in [-0.3, -0.25) is 4.79 Å². The lowest BCUT2D eigenvalue weighted by atomic mass is 9.99. The standard InChI is InChI=1S/C31H38N2O3P/c1-31(2,3)36-30(35)37(26-13-5-4-6-14-26,29-17-8-7-16-28(29)34)27-15-11-12-24(22-27)25-18-21-33(23-25)32-19-9-10-20-32/h4-8,11-15,17,22,25H,9-10,16,18-21,23H2,1-3H3/q+1/t25-,37?/m0/s1. The summed E-state index contributed by atoms with van der Waals surface area (Å²) in [6.45, 7) is 10.0. The first-order valence-electron chi connectivity index (χ1n) is 13.5. The van der Waals surface area contributed by atoms with Crippen LogP contribution in [-0.4, -0.2) is 53.3 Å². The van der Waals surface area contributed by atoms with Crippen LogP contribution in [0.1, 0.15) is 57.9 Å². The molecule has 2 atom stereocenters. The Bertz CT molecular complexity index is 1210. The summed E-state index contributed by atoms with van der Waals surface area (Å²) < 4.78 is 6.14. The number of ketones is 1. The third kappa shape index (κ3) is 5.23. The van der Waals surface area contributed by atoms with Crippen molar-refractivity contribution in [2.24, 2.45) is 0 Å². The molecule has 37 heavy (non-hydrogen) atoms. The Balaban J connectivity index is 1.63. The summed E-state index contributed by atoms with van der Waals surface area (Å²) in [4.78, 5) is 27.9. The molecule has 5 rings (SSSR count). The fourth-order valence-corrected chi connectivity index (χ4v) is 9.72. The third-order valence-electron chi connectivity index (χ3n) is 7.53. The topological polar surface area (TPSA) is 49.9 Å². The van der Waals surface area contributed by atoms with E-state index in [0.717, 1.165) is 43.2 Å². The molecule has 2 aromatic rings. The highest BCUT2D eigenvalue weighted by Crippen LogP contribution is 2.66. The van der Waals surface area contributed by atoms with Crippen LogP contribution in [0.4, 0.5) is 4.79 Å². The molecule has 1 aliphatic carbocycles. The maximum atomic E-state index is 14.4. The van der Waals surface area contributed by atoms with E-state index in [0.29, 0.717) is 17.7 Å². The van der Waals surface area contributed by atoms with E-state index in [1.54, 1.807) is 0 Å². The summed E-state index contributed by atoms with van der Waals surface area (Å²) >= 11 is 0. The van der Waals surface area contributed by atoms with Crippen LogP contribution < -0.4 is 10.6 Å². The fraction of sp³-hybridized carbons (Fsp3) is 0.419. The van der Waals surface area contributed by atoms with Crippen molar-refractivity contribution in [2.75, 3.05) is 26.2 Å². The summed E-state index contributed by atoms with van der Waals surface area (Å²) in [5.74, 6) is 0.393. The molecular weight excluding hydrogens is 479 g/mol. The van der Waals surface area contributed by atoms with Crippen molar-refractivity contribution in [1.29, 1.82) is 0 Å². The minimum atomic E-state index is -3.05. The maximum Gasteiger partial charge on any atom is 0.467 e. The summed E-state index contributed by atoms with van der Waals surface area (Å²) in [6, 6.07) is 18.3. The molecule has 0 amide bonds. The molecule has 1 unspecified atom stereocenters. The van der Waals surface area contributed by atoms with Gasteiger partial charge < -0.3 is 4.74 Å². The van der Waals surface area contributed by atoms with E-state index in [1.807, 2.05) is 75.4 Å². The minimum absolute atomic E-state index is 0.00276. The van der Waals surface area contributed by atoms with Crippen molar-refractivity contribution in [3.05, 3.63) is 83.7 Å². The lowest BCUT2D eigenvalue weighted by Gasteiger charge is -2.30. The molecule has 0 saturated carbocycles. The highest BCUT2D eigenvalue weighted by Gasteiger charge is 2.60. The van der Waals surface area contributed by atoms with Gasteiger partial charge in [-0.05, 0) is 81.9 Å². The molecular formula is C31H38N2O3P+. The first-order chi connectivity index (χ1) is 17.8. The monoisotopic (exact) mass is 517 g/mol. The molecule has 2 aromatic carbocycles. The molecule has 0 N–H and O–H groups in total. The van der Waals surface area contributed by atoms with Crippen LogP contribution in [0, 0.1) is 0 Å². The highest BCUT2D eigenvalue weighted by molar-refractivity contribution is 8.06.